The van der Waals surface area contributed by atoms with Gasteiger partial charge in [-0.2, -0.15) is 0 Å². The molecule has 2 fully saturated rings. The van der Waals surface area contributed by atoms with Gasteiger partial charge in [0.2, 0.25) is 0 Å². The lowest BCUT2D eigenvalue weighted by atomic mass is 10.00. The van der Waals surface area contributed by atoms with Crippen LogP contribution < -0.4 is 0 Å². The predicted octanol–water partition coefficient (Wildman–Crippen LogP) is 2.89. The highest BCUT2D eigenvalue weighted by Crippen LogP contribution is 2.21. The van der Waals surface area contributed by atoms with Gasteiger partial charge in [-0.1, -0.05) is 18.0 Å². The van der Waals surface area contributed by atoms with E-state index in [1.54, 1.807) is 0 Å². The van der Waals surface area contributed by atoms with Crippen molar-refractivity contribution < 1.29 is 0 Å². The molecule has 0 spiro atoms. The van der Waals surface area contributed by atoms with Crippen molar-refractivity contribution in [2.45, 2.75) is 51.6 Å². The Hall–Kier alpha value is -0.710. The summed E-state index contributed by atoms with van der Waals surface area (Å²) in [6, 6.07) is 2.61. The maximum atomic E-state index is 6.02. The number of hydrogen-bond donors (Lipinski definition) is 0. The summed E-state index contributed by atoms with van der Waals surface area (Å²) in [5.74, 6) is 0.858. The van der Waals surface area contributed by atoms with E-state index in [9.17, 15) is 0 Å². The minimum Gasteiger partial charge on any atom is -0.300 e. The second-order valence-corrected chi connectivity index (χ2v) is 6.74. The molecule has 0 bridgehead atoms. The third-order valence-electron chi connectivity index (χ3n) is 4.70. The Morgan fingerprint density at radius 2 is 1.81 bits per heavy atom. The quantitative estimate of drug-likeness (QED) is 0.804. The summed E-state index contributed by atoms with van der Waals surface area (Å²) in [6.07, 6.45) is 6.74. The van der Waals surface area contributed by atoms with Gasteiger partial charge in [0.1, 0.15) is 11.0 Å². The highest BCUT2D eigenvalue weighted by atomic mass is 35.5. The number of rotatable bonds is 3. The Kier molecular flexibility index (Phi) is 5.09. The highest BCUT2D eigenvalue weighted by Gasteiger charge is 2.25. The maximum Gasteiger partial charge on any atom is 0.144 e. The zero-order chi connectivity index (χ0) is 14.7. The van der Waals surface area contributed by atoms with Crippen LogP contribution in [-0.4, -0.2) is 52.0 Å². The Bertz CT molecular complexity index is 445. The van der Waals surface area contributed by atoms with Gasteiger partial charge in [0.25, 0.3) is 0 Å². The molecule has 0 saturated carbocycles. The molecule has 0 N–H and O–H groups in total. The number of aryl methyl sites for hydroxylation is 1. The smallest absolute Gasteiger partial charge is 0.144 e. The third-order valence-corrected chi connectivity index (χ3v) is 4.89. The molecule has 4 nitrogen and oxygen atoms in total. The van der Waals surface area contributed by atoms with Gasteiger partial charge in [0.15, 0.2) is 0 Å². The molecule has 0 aliphatic carbocycles. The number of halogens is 1. The Labute approximate surface area is 132 Å². The van der Waals surface area contributed by atoms with Crippen LogP contribution in [0.4, 0.5) is 0 Å². The van der Waals surface area contributed by atoms with Crippen LogP contribution in [0.3, 0.4) is 0 Å². The third kappa shape index (κ3) is 4.15. The fraction of sp³-hybridized carbons (Fsp3) is 0.750. The number of aromatic nitrogens is 2. The topological polar surface area (TPSA) is 32.3 Å². The lowest BCUT2D eigenvalue weighted by Gasteiger charge is -2.40. The molecule has 2 aliphatic heterocycles. The van der Waals surface area contributed by atoms with E-state index >= 15 is 0 Å². The van der Waals surface area contributed by atoms with Crippen LogP contribution in [0, 0.1) is 6.92 Å². The maximum absolute atomic E-state index is 6.02. The molecule has 116 valence electrons. The average Bonchev–Trinajstić information content (AvgIpc) is 2.48. The van der Waals surface area contributed by atoms with Gasteiger partial charge >= 0.3 is 0 Å². The van der Waals surface area contributed by atoms with E-state index < -0.39 is 0 Å². The molecule has 3 heterocycles. The van der Waals surface area contributed by atoms with Crippen molar-refractivity contribution in [1.82, 2.24) is 19.8 Å². The van der Waals surface area contributed by atoms with Gasteiger partial charge in [-0.15, -0.1) is 0 Å². The van der Waals surface area contributed by atoms with Crippen LogP contribution in [0.1, 0.15) is 43.6 Å². The molecule has 3 rings (SSSR count). The number of piperidine rings is 2. The second kappa shape index (κ2) is 7.03. The lowest BCUT2D eigenvalue weighted by Crippen LogP contribution is -2.46. The van der Waals surface area contributed by atoms with E-state index in [1.165, 1.54) is 45.2 Å². The van der Waals surface area contributed by atoms with Crippen LogP contribution in [0.2, 0.25) is 5.15 Å². The van der Waals surface area contributed by atoms with E-state index in [-0.39, 0.29) is 0 Å². The van der Waals surface area contributed by atoms with E-state index in [0.717, 1.165) is 37.2 Å². The molecule has 1 aromatic rings. The molecular formula is C16H25ClN4. The van der Waals surface area contributed by atoms with Gasteiger partial charge in [0.05, 0.1) is 6.54 Å². The van der Waals surface area contributed by atoms with Crippen molar-refractivity contribution in [3.8, 4) is 0 Å². The molecule has 1 aromatic heterocycles. The SMILES string of the molecule is Cc1cc(Cl)nc(CN2CCC(N3CCCCC3)CC2)n1. The second-order valence-electron chi connectivity index (χ2n) is 6.35. The fourth-order valence-corrected chi connectivity index (χ4v) is 3.84. The summed E-state index contributed by atoms with van der Waals surface area (Å²) in [6.45, 7) is 7.71. The number of hydrogen-bond acceptors (Lipinski definition) is 4. The molecule has 2 saturated heterocycles. The van der Waals surface area contributed by atoms with E-state index in [1.807, 2.05) is 13.0 Å². The molecule has 0 atom stereocenters. The van der Waals surface area contributed by atoms with Crippen LogP contribution >= 0.6 is 11.6 Å². The van der Waals surface area contributed by atoms with Gasteiger partial charge in [-0.05, 0) is 51.8 Å². The lowest BCUT2D eigenvalue weighted by molar-refractivity contribution is 0.0885. The van der Waals surface area contributed by atoms with Crippen molar-refractivity contribution in [2.75, 3.05) is 26.2 Å². The van der Waals surface area contributed by atoms with Crippen LogP contribution in [-0.2, 0) is 6.54 Å². The normalized spacial score (nSPS) is 22.6. The van der Waals surface area contributed by atoms with Crippen LogP contribution in [0.15, 0.2) is 6.07 Å². The first kappa shape index (κ1) is 15.2. The number of likely N-dealkylation sites (tertiary alicyclic amines) is 2. The molecule has 0 amide bonds. The van der Waals surface area contributed by atoms with Crippen molar-refractivity contribution >= 4 is 11.6 Å². The first-order chi connectivity index (χ1) is 10.2. The summed E-state index contributed by atoms with van der Waals surface area (Å²) >= 11 is 6.02. The zero-order valence-electron chi connectivity index (χ0n) is 12.9. The summed E-state index contributed by atoms with van der Waals surface area (Å²) in [5.41, 5.74) is 0.952. The fourth-order valence-electron chi connectivity index (χ4n) is 3.59. The monoisotopic (exact) mass is 308 g/mol. The van der Waals surface area contributed by atoms with E-state index in [4.69, 9.17) is 11.6 Å². The Morgan fingerprint density at radius 3 is 2.48 bits per heavy atom. The summed E-state index contributed by atoms with van der Waals surface area (Å²) in [5, 5.41) is 0.556. The first-order valence-corrected chi connectivity index (χ1v) is 8.55. The van der Waals surface area contributed by atoms with E-state index in [2.05, 4.69) is 19.8 Å². The van der Waals surface area contributed by atoms with Gasteiger partial charge in [-0.25, -0.2) is 9.97 Å². The average molecular weight is 309 g/mol. The van der Waals surface area contributed by atoms with Crippen molar-refractivity contribution in [2.24, 2.45) is 0 Å². The largest absolute Gasteiger partial charge is 0.300 e. The molecule has 0 aromatic carbocycles. The molecular weight excluding hydrogens is 284 g/mol. The summed E-state index contributed by atoms with van der Waals surface area (Å²) < 4.78 is 0. The van der Waals surface area contributed by atoms with Gasteiger partial charge < -0.3 is 4.90 Å². The predicted molar refractivity (Wildman–Crippen MR) is 85.5 cm³/mol. The van der Waals surface area contributed by atoms with Crippen molar-refractivity contribution in [1.29, 1.82) is 0 Å². The van der Waals surface area contributed by atoms with Crippen LogP contribution in [0.25, 0.3) is 0 Å². The minimum absolute atomic E-state index is 0.556. The zero-order valence-corrected chi connectivity index (χ0v) is 13.6. The van der Waals surface area contributed by atoms with Gasteiger partial charge in [-0.3, -0.25) is 4.90 Å². The number of nitrogens with zero attached hydrogens (tertiary/aromatic N) is 4. The van der Waals surface area contributed by atoms with Crippen molar-refractivity contribution in [3.05, 3.63) is 22.7 Å². The van der Waals surface area contributed by atoms with Crippen molar-refractivity contribution in [3.63, 3.8) is 0 Å². The first-order valence-electron chi connectivity index (χ1n) is 8.17. The molecule has 21 heavy (non-hydrogen) atoms. The minimum atomic E-state index is 0.556. The highest BCUT2D eigenvalue weighted by molar-refractivity contribution is 6.29. The molecule has 5 heteroatoms. The Morgan fingerprint density at radius 1 is 1.10 bits per heavy atom. The Balaban J connectivity index is 1.51. The molecule has 2 aliphatic rings. The van der Waals surface area contributed by atoms with Crippen LogP contribution in [0.5, 0.6) is 0 Å². The summed E-state index contributed by atoms with van der Waals surface area (Å²) in [7, 11) is 0. The van der Waals surface area contributed by atoms with Gasteiger partial charge in [0, 0.05) is 24.8 Å². The summed E-state index contributed by atoms with van der Waals surface area (Å²) in [4.78, 5) is 14.0. The standard InChI is InChI=1S/C16H25ClN4/c1-13-11-15(17)19-16(18-13)12-20-9-5-14(6-10-20)21-7-3-2-4-8-21/h11,14H,2-10,12H2,1H3. The van der Waals surface area contributed by atoms with E-state index in [0.29, 0.717) is 5.15 Å². The molecule has 0 radical (unpaired) electrons. The molecule has 0 unspecified atom stereocenters.